The molecule has 1 aromatic carbocycles. The lowest BCUT2D eigenvalue weighted by atomic mass is 10.1. The van der Waals surface area contributed by atoms with Crippen LogP contribution in [0, 0.1) is 0 Å². The lowest BCUT2D eigenvalue weighted by molar-refractivity contribution is -0.104. The molecule has 0 saturated carbocycles. The summed E-state index contributed by atoms with van der Waals surface area (Å²) in [5.41, 5.74) is 0.367. The van der Waals surface area contributed by atoms with E-state index in [1.165, 1.54) is 13.2 Å². The largest absolute Gasteiger partial charge is 0.496 e. The monoisotopic (exact) mass is 312 g/mol. The molecule has 1 aromatic rings. The van der Waals surface area contributed by atoms with Crippen LogP contribution in [0.25, 0.3) is 0 Å². The van der Waals surface area contributed by atoms with Crippen molar-refractivity contribution in [1.82, 2.24) is 0 Å². The van der Waals surface area contributed by atoms with Gasteiger partial charge in [0, 0.05) is 6.07 Å². The van der Waals surface area contributed by atoms with Crippen molar-refractivity contribution in [3.8, 4) is 11.5 Å². The van der Waals surface area contributed by atoms with Gasteiger partial charge in [-0.15, -0.1) is 0 Å². The second-order valence-corrected chi connectivity index (χ2v) is 4.13. The zero-order valence-corrected chi connectivity index (χ0v) is 11.7. The molecular weight excluding hydrogens is 300 g/mol. The lowest BCUT2D eigenvalue weighted by Gasteiger charge is -2.11. The smallest absolute Gasteiger partial charge is 0.189 e. The Hall–Kier alpha value is -1.62. The molecule has 96 valence electrons. The molecule has 0 aliphatic heterocycles. The second-order valence-electron chi connectivity index (χ2n) is 3.28. The molecule has 0 aromatic heterocycles. The van der Waals surface area contributed by atoms with Gasteiger partial charge >= 0.3 is 0 Å². The number of benzene rings is 1. The minimum Gasteiger partial charge on any atom is -0.496 e. The van der Waals surface area contributed by atoms with Crippen molar-refractivity contribution < 1.29 is 19.1 Å². The molecule has 0 fully saturated rings. The van der Waals surface area contributed by atoms with Crippen LogP contribution in [0.2, 0.25) is 0 Å². The zero-order valence-electron chi connectivity index (χ0n) is 10.1. The first-order valence-corrected chi connectivity index (χ1v) is 6.09. The van der Waals surface area contributed by atoms with Gasteiger partial charge in [0.15, 0.2) is 5.78 Å². The van der Waals surface area contributed by atoms with Crippen LogP contribution in [-0.4, -0.2) is 25.8 Å². The van der Waals surface area contributed by atoms with Crippen LogP contribution < -0.4 is 9.47 Å². The standard InChI is InChI=1S/C13H13BrO4/c1-3-18-13-8-12(17-2)9(7-10(13)14)11(16)5-4-6-15/h4-8H,3H2,1-2H3. The Morgan fingerprint density at radius 1 is 1.39 bits per heavy atom. The average Bonchev–Trinajstić information content (AvgIpc) is 2.38. The van der Waals surface area contributed by atoms with Crippen LogP contribution in [0.4, 0.5) is 0 Å². The topological polar surface area (TPSA) is 52.6 Å². The van der Waals surface area contributed by atoms with Crippen LogP contribution in [0.1, 0.15) is 17.3 Å². The van der Waals surface area contributed by atoms with Crippen molar-refractivity contribution in [3.63, 3.8) is 0 Å². The van der Waals surface area contributed by atoms with E-state index in [1.807, 2.05) is 6.92 Å². The summed E-state index contributed by atoms with van der Waals surface area (Å²) in [4.78, 5) is 22.0. The van der Waals surface area contributed by atoms with Crippen LogP contribution in [0.15, 0.2) is 28.8 Å². The molecule has 18 heavy (non-hydrogen) atoms. The predicted octanol–water partition coefficient (Wildman–Crippen LogP) is 2.79. The number of allylic oxidation sites excluding steroid dienone is 2. The molecule has 0 heterocycles. The van der Waals surface area contributed by atoms with E-state index in [4.69, 9.17) is 9.47 Å². The fourth-order valence-corrected chi connectivity index (χ4v) is 1.84. The summed E-state index contributed by atoms with van der Waals surface area (Å²) in [5.74, 6) is 0.704. The highest BCUT2D eigenvalue weighted by atomic mass is 79.9. The number of hydrogen-bond donors (Lipinski definition) is 0. The SMILES string of the molecule is CCOc1cc(OC)c(C(=O)C=CC=O)cc1Br. The van der Waals surface area contributed by atoms with E-state index in [9.17, 15) is 9.59 Å². The summed E-state index contributed by atoms with van der Waals surface area (Å²) in [6.07, 6.45) is 2.89. The summed E-state index contributed by atoms with van der Waals surface area (Å²) in [6, 6.07) is 3.25. The number of ether oxygens (including phenoxy) is 2. The van der Waals surface area contributed by atoms with Gasteiger partial charge in [-0.1, -0.05) is 0 Å². The number of carbonyl (C=O) groups excluding carboxylic acids is 2. The van der Waals surface area contributed by atoms with E-state index >= 15 is 0 Å². The number of halogens is 1. The third-order valence-electron chi connectivity index (χ3n) is 2.15. The summed E-state index contributed by atoms with van der Waals surface area (Å²) in [6.45, 7) is 2.38. The van der Waals surface area contributed by atoms with Gasteiger partial charge in [-0.3, -0.25) is 9.59 Å². The Morgan fingerprint density at radius 3 is 2.67 bits per heavy atom. The van der Waals surface area contributed by atoms with Crippen molar-refractivity contribution in [3.05, 3.63) is 34.3 Å². The van der Waals surface area contributed by atoms with Gasteiger partial charge in [0.05, 0.1) is 23.8 Å². The molecule has 0 N–H and O–H groups in total. The van der Waals surface area contributed by atoms with Crippen molar-refractivity contribution in [2.24, 2.45) is 0 Å². The van der Waals surface area contributed by atoms with Crippen LogP contribution in [0.5, 0.6) is 11.5 Å². The predicted molar refractivity (Wildman–Crippen MR) is 71.4 cm³/mol. The Morgan fingerprint density at radius 2 is 2.11 bits per heavy atom. The molecule has 1 rings (SSSR count). The molecule has 4 nitrogen and oxygen atoms in total. The highest BCUT2D eigenvalue weighted by molar-refractivity contribution is 9.10. The van der Waals surface area contributed by atoms with E-state index in [0.717, 1.165) is 6.08 Å². The van der Waals surface area contributed by atoms with Gasteiger partial charge in [0.1, 0.15) is 17.8 Å². The van der Waals surface area contributed by atoms with Crippen LogP contribution >= 0.6 is 15.9 Å². The van der Waals surface area contributed by atoms with Gasteiger partial charge in [-0.05, 0) is 41.1 Å². The Labute approximate surface area is 114 Å². The number of rotatable bonds is 6. The third-order valence-corrected chi connectivity index (χ3v) is 2.77. The molecular formula is C13H13BrO4. The molecule has 0 atom stereocenters. The molecule has 0 amide bonds. The molecule has 0 saturated heterocycles. The van der Waals surface area contributed by atoms with Crippen LogP contribution in [0.3, 0.4) is 0 Å². The van der Waals surface area contributed by atoms with Crippen molar-refractivity contribution >= 4 is 28.0 Å². The summed E-state index contributed by atoms with van der Waals surface area (Å²) in [5, 5.41) is 0. The number of hydrogen-bond acceptors (Lipinski definition) is 4. The fraction of sp³-hybridized carbons (Fsp3) is 0.231. The van der Waals surface area contributed by atoms with E-state index in [2.05, 4.69) is 15.9 Å². The van der Waals surface area contributed by atoms with Gasteiger partial charge in [-0.2, -0.15) is 0 Å². The maximum atomic E-state index is 11.8. The molecule has 0 bridgehead atoms. The summed E-state index contributed by atoms with van der Waals surface area (Å²) in [7, 11) is 1.47. The second kappa shape index (κ2) is 6.96. The van der Waals surface area contributed by atoms with E-state index < -0.39 is 0 Å². The first-order valence-electron chi connectivity index (χ1n) is 5.30. The normalized spacial score (nSPS) is 10.4. The van der Waals surface area contributed by atoms with Gasteiger partial charge in [0.25, 0.3) is 0 Å². The molecule has 0 radical (unpaired) electrons. The quantitative estimate of drug-likeness (QED) is 0.460. The molecule has 0 aliphatic rings. The van der Waals surface area contributed by atoms with Gasteiger partial charge < -0.3 is 9.47 Å². The summed E-state index contributed by atoms with van der Waals surface area (Å²) < 4.78 is 11.2. The minimum absolute atomic E-state index is 0.303. The molecule has 0 spiro atoms. The highest BCUT2D eigenvalue weighted by Gasteiger charge is 2.14. The number of aldehydes is 1. The van der Waals surface area contributed by atoms with Crippen molar-refractivity contribution in [2.75, 3.05) is 13.7 Å². The van der Waals surface area contributed by atoms with Gasteiger partial charge in [0.2, 0.25) is 0 Å². The lowest BCUT2D eigenvalue weighted by Crippen LogP contribution is -2.01. The van der Waals surface area contributed by atoms with E-state index in [0.29, 0.717) is 34.4 Å². The van der Waals surface area contributed by atoms with E-state index in [-0.39, 0.29) is 5.78 Å². The Kier molecular flexibility index (Phi) is 5.58. The highest BCUT2D eigenvalue weighted by Crippen LogP contribution is 2.33. The molecule has 5 heteroatoms. The number of methoxy groups -OCH3 is 1. The van der Waals surface area contributed by atoms with Crippen LogP contribution in [-0.2, 0) is 4.79 Å². The number of ketones is 1. The zero-order chi connectivity index (χ0) is 13.5. The Balaban J connectivity index is 3.19. The number of carbonyl (C=O) groups is 2. The summed E-state index contributed by atoms with van der Waals surface area (Å²) >= 11 is 3.32. The third kappa shape index (κ3) is 3.43. The van der Waals surface area contributed by atoms with Crippen molar-refractivity contribution in [2.45, 2.75) is 6.92 Å². The average molecular weight is 313 g/mol. The molecule has 0 unspecified atom stereocenters. The maximum absolute atomic E-state index is 11.8. The first kappa shape index (κ1) is 14.4. The van der Waals surface area contributed by atoms with Crippen molar-refractivity contribution in [1.29, 1.82) is 0 Å². The minimum atomic E-state index is -0.303. The van der Waals surface area contributed by atoms with E-state index in [1.54, 1.807) is 12.1 Å². The molecule has 0 aliphatic carbocycles. The Bertz CT molecular complexity index is 480. The van der Waals surface area contributed by atoms with Gasteiger partial charge in [-0.25, -0.2) is 0 Å². The maximum Gasteiger partial charge on any atom is 0.189 e. The fourth-order valence-electron chi connectivity index (χ4n) is 1.38. The first-order chi connectivity index (χ1) is 8.63.